The molecule has 1 rings (SSSR count). The molecule has 0 aromatic carbocycles. The first kappa shape index (κ1) is 14.0. The van der Waals surface area contributed by atoms with Crippen LogP contribution in [0, 0.1) is 5.41 Å². The van der Waals surface area contributed by atoms with Crippen LogP contribution in [-0.2, 0) is 0 Å². The van der Waals surface area contributed by atoms with E-state index in [1.54, 1.807) is 0 Å². The van der Waals surface area contributed by atoms with E-state index in [1.165, 1.54) is 64.5 Å². The minimum absolute atomic E-state index is 0.662. The summed E-state index contributed by atoms with van der Waals surface area (Å²) in [5.41, 5.74) is 0.662. The Balaban J connectivity index is 2.17. The Morgan fingerprint density at radius 3 is 2.44 bits per heavy atom. The van der Waals surface area contributed by atoms with Crippen molar-refractivity contribution in [2.45, 2.75) is 58.3 Å². The maximum Gasteiger partial charge on any atom is 0.000781 e. The fraction of sp³-hybridized carbons (Fsp3) is 1.00. The number of hydrogen-bond acceptors (Lipinski definition) is 2. The molecule has 0 heterocycles. The minimum Gasteiger partial charge on any atom is -0.320 e. The van der Waals surface area contributed by atoms with Crippen LogP contribution in [-0.4, -0.2) is 26.7 Å². The van der Waals surface area contributed by atoms with Gasteiger partial charge in [-0.2, -0.15) is 0 Å². The molecule has 1 saturated carbocycles. The Morgan fingerprint density at radius 2 is 1.81 bits per heavy atom. The molecule has 2 heteroatoms. The molecule has 0 aromatic rings. The van der Waals surface area contributed by atoms with E-state index in [0.29, 0.717) is 5.41 Å². The molecule has 1 fully saturated rings. The number of rotatable bonds is 9. The predicted octanol–water partition coefficient (Wildman–Crippen LogP) is 2.94. The topological polar surface area (TPSA) is 24.1 Å². The second kappa shape index (κ2) is 8.08. The quantitative estimate of drug-likeness (QED) is 0.591. The lowest BCUT2D eigenvalue weighted by atomic mass is 9.81. The van der Waals surface area contributed by atoms with Crippen LogP contribution < -0.4 is 10.6 Å². The Kier molecular flexibility index (Phi) is 7.06. The van der Waals surface area contributed by atoms with Gasteiger partial charge in [0.15, 0.2) is 0 Å². The van der Waals surface area contributed by atoms with Crippen molar-refractivity contribution in [3.63, 3.8) is 0 Å². The first-order chi connectivity index (χ1) is 7.83. The normalized spacial score (nSPS) is 19.1. The SMILES string of the molecule is CCCCC1(CNCCCNC)CCCC1. The first-order valence-corrected chi connectivity index (χ1v) is 7.18. The van der Waals surface area contributed by atoms with E-state index in [-0.39, 0.29) is 0 Å². The summed E-state index contributed by atoms with van der Waals surface area (Å²) < 4.78 is 0. The Labute approximate surface area is 102 Å². The molecular weight excluding hydrogens is 196 g/mol. The van der Waals surface area contributed by atoms with Crippen LogP contribution in [0.2, 0.25) is 0 Å². The second-order valence-electron chi connectivity index (χ2n) is 5.44. The lowest BCUT2D eigenvalue weighted by molar-refractivity contribution is 0.250. The molecule has 96 valence electrons. The highest BCUT2D eigenvalue weighted by molar-refractivity contribution is 4.86. The fourth-order valence-electron chi connectivity index (χ4n) is 2.94. The third-order valence-corrected chi connectivity index (χ3v) is 4.01. The van der Waals surface area contributed by atoms with Crippen molar-refractivity contribution in [3.8, 4) is 0 Å². The van der Waals surface area contributed by atoms with Gasteiger partial charge in [-0.25, -0.2) is 0 Å². The molecule has 2 N–H and O–H groups in total. The van der Waals surface area contributed by atoms with Gasteiger partial charge >= 0.3 is 0 Å². The van der Waals surface area contributed by atoms with Gasteiger partial charge in [0.1, 0.15) is 0 Å². The largest absolute Gasteiger partial charge is 0.320 e. The van der Waals surface area contributed by atoms with Crippen LogP contribution in [0.3, 0.4) is 0 Å². The fourth-order valence-corrected chi connectivity index (χ4v) is 2.94. The van der Waals surface area contributed by atoms with Gasteiger partial charge in [0.05, 0.1) is 0 Å². The highest BCUT2D eigenvalue weighted by atomic mass is 14.9. The molecule has 0 radical (unpaired) electrons. The average Bonchev–Trinajstić information content (AvgIpc) is 2.76. The summed E-state index contributed by atoms with van der Waals surface area (Å²) in [5.74, 6) is 0. The van der Waals surface area contributed by atoms with Gasteiger partial charge in [0.25, 0.3) is 0 Å². The summed E-state index contributed by atoms with van der Waals surface area (Å²) >= 11 is 0. The van der Waals surface area contributed by atoms with Crippen LogP contribution in [0.15, 0.2) is 0 Å². The smallest absolute Gasteiger partial charge is 0.000781 e. The molecule has 0 saturated heterocycles. The summed E-state index contributed by atoms with van der Waals surface area (Å²) in [6.07, 6.45) is 11.3. The highest BCUT2D eigenvalue weighted by Crippen LogP contribution is 2.41. The first-order valence-electron chi connectivity index (χ1n) is 7.18. The van der Waals surface area contributed by atoms with Crippen molar-refractivity contribution in [2.75, 3.05) is 26.7 Å². The van der Waals surface area contributed by atoms with Crippen molar-refractivity contribution in [1.82, 2.24) is 10.6 Å². The zero-order valence-corrected chi connectivity index (χ0v) is 11.3. The van der Waals surface area contributed by atoms with E-state index in [4.69, 9.17) is 0 Å². The molecule has 0 spiro atoms. The lowest BCUT2D eigenvalue weighted by Crippen LogP contribution is -2.33. The standard InChI is InChI=1S/C14H30N2/c1-3-4-8-14(9-5-6-10-14)13-16-12-7-11-15-2/h15-16H,3-13H2,1-2H3. The van der Waals surface area contributed by atoms with Crippen molar-refractivity contribution in [1.29, 1.82) is 0 Å². The summed E-state index contributed by atoms with van der Waals surface area (Å²) in [6, 6.07) is 0. The zero-order valence-electron chi connectivity index (χ0n) is 11.3. The minimum atomic E-state index is 0.662. The van der Waals surface area contributed by atoms with Crippen LogP contribution in [0.5, 0.6) is 0 Å². The number of nitrogens with one attached hydrogen (secondary N) is 2. The Hall–Kier alpha value is -0.0800. The molecule has 0 atom stereocenters. The maximum absolute atomic E-state index is 3.67. The average molecular weight is 226 g/mol. The van der Waals surface area contributed by atoms with Gasteiger partial charge in [0.2, 0.25) is 0 Å². The van der Waals surface area contributed by atoms with Crippen LogP contribution in [0.25, 0.3) is 0 Å². The van der Waals surface area contributed by atoms with Gasteiger partial charge in [-0.15, -0.1) is 0 Å². The van der Waals surface area contributed by atoms with E-state index in [1.807, 2.05) is 7.05 Å². The van der Waals surface area contributed by atoms with Crippen molar-refractivity contribution in [2.24, 2.45) is 5.41 Å². The summed E-state index contributed by atoms with van der Waals surface area (Å²) in [7, 11) is 2.03. The molecule has 0 bridgehead atoms. The van der Waals surface area contributed by atoms with Crippen molar-refractivity contribution in [3.05, 3.63) is 0 Å². The van der Waals surface area contributed by atoms with Gasteiger partial charge in [-0.1, -0.05) is 32.6 Å². The molecule has 0 aromatic heterocycles. The highest BCUT2D eigenvalue weighted by Gasteiger charge is 2.32. The monoisotopic (exact) mass is 226 g/mol. The number of unbranched alkanes of at least 4 members (excludes halogenated alkanes) is 1. The van der Waals surface area contributed by atoms with Gasteiger partial charge in [-0.3, -0.25) is 0 Å². The molecule has 1 aliphatic rings. The van der Waals surface area contributed by atoms with Gasteiger partial charge in [0, 0.05) is 6.54 Å². The van der Waals surface area contributed by atoms with Gasteiger partial charge in [-0.05, 0) is 51.2 Å². The molecule has 0 aliphatic heterocycles. The Bertz CT molecular complexity index is 162. The van der Waals surface area contributed by atoms with Crippen molar-refractivity contribution >= 4 is 0 Å². The third kappa shape index (κ3) is 4.84. The Morgan fingerprint density at radius 1 is 1.06 bits per heavy atom. The number of hydrogen-bond donors (Lipinski definition) is 2. The second-order valence-corrected chi connectivity index (χ2v) is 5.44. The predicted molar refractivity (Wildman–Crippen MR) is 71.8 cm³/mol. The summed E-state index contributed by atoms with van der Waals surface area (Å²) in [4.78, 5) is 0. The van der Waals surface area contributed by atoms with Crippen LogP contribution in [0.1, 0.15) is 58.3 Å². The molecule has 16 heavy (non-hydrogen) atoms. The maximum atomic E-state index is 3.67. The molecule has 1 aliphatic carbocycles. The summed E-state index contributed by atoms with van der Waals surface area (Å²) in [6.45, 7) is 5.88. The van der Waals surface area contributed by atoms with Gasteiger partial charge < -0.3 is 10.6 Å². The molecular formula is C14H30N2. The van der Waals surface area contributed by atoms with Crippen LogP contribution >= 0.6 is 0 Å². The van der Waals surface area contributed by atoms with Crippen molar-refractivity contribution < 1.29 is 0 Å². The zero-order chi connectivity index (χ0) is 11.7. The van der Waals surface area contributed by atoms with E-state index in [0.717, 1.165) is 6.54 Å². The van der Waals surface area contributed by atoms with Crippen LogP contribution in [0.4, 0.5) is 0 Å². The van der Waals surface area contributed by atoms with E-state index in [2.05, 4.69) is 17.6 Å². The molecule has 0 amide bonds. The van der Waals surface area contributed by atoms with E-state index >= 15 is 0 Å². The molecule has 0 unspecified atom stereocenters. The lowest BCUT2D eigenvalue weighted by Gasteiger charge is -2.29. The molecule has 2 nitrogen and oxygen atoms in total. The van der Waals surface area contributed by atoms with E-state index in [9.17, 15) is 0 Å². The third-order valence-electron chi connectivity index (χ3n) is 4.01. The van der Waals surface area contributed by atoms with E-state index < -0.39 is 0 Å². The summed E-state index contributed by atoms with van der Waals surface area (Å²) in [5, 5.41) is 6.87.